The predicted molar refractivity (Wildman–Crippen MR) is 84.5 cm³/mol. The summed E-state index contributed by atoms with van der Waals surface area (Å²) in [6.45, 7) is 3.74. The minimum absolute atomic E-state index is 0.167. The topological polar surface area (TPSA) is 12.9 Å². The van der Waals surface area contributed by atoms with E-state index in [0.717, 1.165) is 27.9 Å². The van der Waals surface area contributed by atoms with Crippen LogP contribution in [0.2, 0.25) is 0 Å². The Morgan fingerprint density at radius 3 is 1.86 bits per heavy atom. The zero-order valence-corrected chi connectivity index (χ0v) is 12.1. The van der Waals surface area contributed by atoms with E-state index >= 15 is 0 Å². The average molecular weight is 277 g/mol. The van der Waals surface area contributed by atoms with Crippen molar-refractivity contribution < 1.29 is 4.39 Å². The highest BCUT2D eigenvalue weighted by Gasteiger charge is 2.03. The van der Waals surface area contributed by atoms with Crippen molar-refractivity contribution in [3.63, 3.8) is 0 Å². The maximum absolute atomic E-state index is 13.6. The number of aromatic nitrogens is 1. The zero-order chi connectivity index (χ0) is 14.8. The van der Waals surface area contributed by atoms with Gasteiger partial charge in [-0.15, -0.1) is 0 Å². The van der Waals surface area contributed by atoms with E-state index in [1.54, 1.807) is 13.0 Å². The minimum Gasteiger partial charge on any atom is -0.261 e. The lowest BCUT2D eigenvalue weighted by atomic mass is 10.0. The molecule has 0 radical (unpaired) electrons. The fraction of sp³-hybridized carbons (Fsp3) is 0.105. The van der Waals surface area contributed by atoms with Gasteiger partial charge in [0.1, 0.15) is 5.82 Å². The van der Waals surface area contributed by atoms with E-state index in [4.69, 9.17) is 0 Å². The lowest BCUT2D eigenvalue weighted by Crippen LogP contribution is -1.86. The third-order valence-electron chi connectivity index (χ3n) is 3.63. The molecule has 0 fully saturated rings. The largest absolute Gasteiger partial charge is 0.261 e. The summed E-state index contributed by atoms with van der Waals surface area (Å²) in [6.07, 6.45) is 1.87. The van der Waals surface area contributed by atoms with Gasteiger partial charge in [0.25, 0.3) is 0 Å². The maximum atomic E-state index is 13.6. The fourth-order valence-electron chi connectivity index (χ4n) is 2.27. The number of hydrogen-bond acceptors (Lipinski definition) is 1. The summed E-state index contributed by atoms with van der Waals surface area (Å²) in [6, 6.07) is 17.5. The number of rotatable bonds is 2. The molecule has 0 aliphatic heterocycles. The van der Waals surface area contributed by atoms with Gasteiger partial charge in [0.15, 0.2) is 0 Å². The van der Waals surface area contributed by atoms with Crippen LogP contribution in [0.1, 0.15) is 11.3 Å². The van der Waals surface area contributed by atoms with Crippen molar-refractivity contribution >= 4 is 0 Å². The second kappa shape index (κ2) is 5.49. The van der Waals surface area contributed by atoms with Gasteiger partial charge in [0, 0.05) is 17.5 Å². The first-order chi connectivity index (χ1) is 10.1. The van der Waals surface area contributed by atoms with Gasteiger partial charge < -0.3 is 0 Å². The summed E-state index contributed by atoms with van der Waals surface area (Å²) in [4.78, 5) is 4.31. The van der Waals surface area contributed by atoms with Crippen LogP contribution >= 0.6 is 0 Å². The molecule has 0 aliphatic carbocycles. The van der Waals surface area contributed by atoms with Gasteiger partial charge in [0.2, 0.25) is 0 Å². The van der Waals surface area contributed by atoms with E-state index in [1.165, 1.54) is 0 Å². The molecule has 0 unspecified atom stereocenters. The first-order valence-electron chi connectivity index (χ1n) is 6.93. The molecule has 0 N–H and O–H groups in total. The van der Waals surface area contributed by atoms with Crippen LogP contribution in [-0.2, 0) is 0 Å². The highest BCUT2D eigenvalue weighted by atomic mass is 19.1. The Kier molecular flexibility index (Phi) is 3.53. The standard InChI is InChI=1S/C19H16FN/c1-13-3-5-17(11-19(13)20)15-7-9-16(10-8-15)18-6-4-14(2)21-12-18/h3-12H,1-2H3. The lowest BCUT2D eigenvalue weighted by Gasteiger charge is -2.06. The summed E-state index contributed by atoms with van der Waals surface area (Å²) >= 11 is 0. The molecule has 0 bridgehead atoms. The van der Waals surface area contributed by atoms with Crippen LogP contribution in [0.3, 0.4) is 0 Å². The molecule has 1 nitrogen and oxygen atoms in total. The molecular formula is C19H16FN. The highest BCUT2D eigenvalue weighted by molar-refractivity contribution is 5.70. The maximum Gasteiger partial charge on any atom is 0.126 e. The van der Waals surface area contributed by atoms with Crippen LogP contribution in [0, 0.1) is 19.7 Å². The molecule has 21 heavy (non-hydrogen) atoms. The number of pyridine rings is 1. The van der Waals surface area contributed by atoms with Crippen LogP contribution < -0.4 is 0 Å². The van der Waals surface area contributed by atoms with Crippen molar-refractivity contribution in [1.82, 2.24) is 4.98 Å². The summed E-state index contributed by atoms with van der Waals surface area (Å²) in [5, 5.41) is 0. The van der Waals surface area contributed by atoms with Gasteiger partial charge in [-0.25, -0.2) is 4.39 Å². The number of aryl methyl sites for hydroxylation is 2. The lowest BCUT2D eigenvalue weighted by molar-refractivity contribution is 0.619. The van der Waals surface area contributed by atoms with E-state index in [-0.39, 0.29) is 5.82 Å². The van der Waals surface area contributed by atoms with Crippen molar-refractivity contribution in [1.29, 1.82) is 0 Å². The van der Waals surface area contributed by atoms with Crippen LogP contribution in [0.25, 0.3) is 22.3 Å². The van der Waals surface area contributed by atoms with Gasteiger partial charge in [0.05, 0.1) is 0 Å². The van der Waals surface area contributed by atoms with Crippen LogP contribution in [-0.4, -0.2) is 4.98 Å². The molecule has 1 aromatic heterocycles. The van der Waals surface area contributed by atoms with E-state index in [1.807, 2.05) is 55.6 Å². The Bertz CT molecular complexity index is 759. The first kappa shape index (κ1) is 13.5. The molecular weight excluding hydrogens is 261 g/mol. The molecule has 0 saturated heterocycles. The Morgan fingerprint density at radius 1 is 0.714 bits per heavy atom. The predicted octanol–water partition coefficient (Wildman–Crippen LogP) is 5.17. The number of hydrogen-bond donors (Lipinski definition) is 0. The second-order valence-corrected chi connectivity index (χ2v) is 5.23. The van der Waals surface area contributed by atoms with E-state index in [0.29, 0.717) is 5.56 Å². The quantitative estimate of drug-likeness (QED) is 0.629. The molecule has 3 aromatic rings. The van der Waals surface area contributed by atoms with Crippen molar-refractivity contribution in [3.8, 4) is 22.3 Å². The molecule has 3 rings (SSSR count). The van der Waals surface area contributed by atoms with Gasteiger partial charge in [-0.3, -0.25) is 4.98 Å². The Labute approximate surface area is 124 Å². The molecule has 0 spiro atoms. The average Bonchev–Trinajstić information content (AvgIpc) is 2.51. The van der Waals surface area contributed by atoms with Crippen molar-refractivity contribution in [2.45, 2.75) is 13.8 Å². The third-order valence-corrected chi connectivity index (χ3v) is 3.63. The van der Waals surface area contributed by atoms with Gasteiger partial charge >= 0.3 is 0 Å². The Balaban J connectivity index is 1.93. The molecule has 1 heterocycles. The summed E-state index contributed by atoms with van der Waals surface area (Å²) in [7, 11) is 0. The smallest absolute Gasteiger partial charge is 0.126 e. The SMILES string of the molecule is Cc1ccc(-c2ccc(-c3ccc(C)c(F)c3)cc2)cn1. The van der Waals surface area contributed by atoms with E-state index in [2.05, 4.69) is 11.1 Å². The van der Waals surface area contributed by atoms with Crippen molar-refractivity contribution in [2.24, 2.45) is 0 Å². The van der Waals surface area contributed by atoms with Crippen LogP contribution in [0.15, 0.2) is 60.8 Å². The minimum atomic E-state index is -0.167. The molecule has 0 saturated carbocycles. The zero-order valence-electron chi connectivity index (χ0n) is 12.1. The van der Waals surface area contributed by atoms with Gasteiger partial charge in [-0.2, -0.15) is 0 Å². The second-order valence-electron chi connectivity index (χ2n) is 5.23. The van der Waals surface area contributed by atoms with Crippen LogP contribution in [0.5, 0.6) is 0 Å². The monoisotopic (exact) mass is 277 g/mol. The number of halogens is 1. The molecule has 2 aromatic carbocycles. The Hall–Kier alpha value is -2.48. The van der Waals surface area contributed by atoms with Crippen molar-refractivity contribution in [3.05, 3.63) is 77.9 Å². The fourth-order valence-corrected chi connectivity index (χ4v) is 2.27. The molecule has 104 valence electrons. The summed E-state index contributed by atoms with van der Waals surface area (Å²) < 4.78 is 13.6. The first-order valence-corrected chi connectivity index (χ1v) is 6.93. The van der Waals surface area contributed by atoms with Gasteiger partial charge in [-0.05, 0) is 48.2 Å². The third kappa shape index (κ3) is 2.84. The van der Waals surface area contributed by atoms with Crippen LogP contribution in [0.4, 0.5) is 4.39 Å². The van der Waals surface area contributed by atoms with E-state index < -0.39 is 0 Å². The molecule has 0 atom stereocenters. The number of benzene rings is 2. The molecule has 0 aliphatic rings. The van der Waals surface area contributed by atoms with Crippen molar-refractivity contribution in [2.75, 3.05) is 0 Å². The molecule has 0 amide bonds. The summed E-state index contributed by atoms with van der Waals surface area (Å²) in [5.41, 5.74) is 5.78. The van der Waals surface area contributed by atoms with Gasteiger partial charge in [-0.1, -0.05) is 42.5 Å². The summed E-state index contributed by atoms with van der Waals surface area (Å²) in [5.74, 6) is -0.167. The number of nitrogens with zero attached hydrogens (tertiary/aromatic N) is 1. The Morgan fingerprint density at radius 2 is 1.29 bits per heavy atom. The van der Waals surface area contributed by atoms with E-state index in [9.17, 15) is 4.39 Å². The highest BCUT2D eigenvalue weighted by Crippen LogP contribution is 2.25. The molecule has 2 heteroatoms. The normalized spacial score (nSPS) is 10.6.